The maximum absolute atomic E-state index is 12.9. The second kappa shape index (κ2) is 8.92. The number of piperidine rings is 1. The van der Waals surface area contributed by atoms with Crippen LogP contribution in [0.4, 0.5) is 5.69 Å². The molecule has 0 aromatic heterocycles. The molecule has 1 saturated heterocycles. The number of hydrogen-bond donors (Lipinski definition) is 1. The van der Waals surface area contributed by atoms with Crippen molar-refractivity contribution in [2.75, 3.05) is 31.9 Å². The number of hydrogen-bond acceptors (Lipinski definition) is 4. The highest BCUT2D eigenvalue weighted by Gasteiger charge is 2.26. The molecule has 0 radical (unpaired) electrons. The van der Waals surface area contributed by atoms with Gasteiger partial charge in [-0.05, 0) is 69.4 Å². The van der Waals surface area contributed by atoms with Crippen molar-refractivity contribution in [3.05, 3.63) is 58.1 Å². The maximum Gasteiger partial charge on any atom is 0.263 e. The van der Waals surface area contributed by atoms with Crippen LogP contribution >= 0.6 is 23.2 Å². The Labute approximate surface area is 181 Å². The van der Waals surface area contributed by atoms with Crippen LogP contribution in [-0.4, -0.2) is 57.4 Å². The van der Waals surface area contributed by atoms with Gasteiger partial charge in [-0.2, -0.15) is 0 Å². The van der Waals surface area contributed by atoms with Gasteiger partial charge in [0, 0.05) is 35.4 Å². The summed E-state index contributed by atoms with van der Waals surface area (Å²) in [6.07, 6.45) is 1.77. The van der Waals surface area contributed by atoms with Crippen LogP contribution in [0.15, 0.2) is 47.4 Å². The van der Waals surface area contributed by atoms with Gasteiger partial charge in [0.15, 0.2) is 0 Å². The number of carbonyl (C=O) groups is 1. The van der Waals surface area contributed by atoms with Gasteiger partial charge in [-0.1, -0.05) is 23.2 Å². The lowest BCUT2D eigenvalue weighted by molar-refractivity contribution is 0.0663. The van der Waals surface area contributed by atoms with Gasteiger partial charge in [0.05, 0.1) is 5.02 Å². The third-order valence-corrected chi connectivity index (χ3v) is 7.16. The molecule has 2 aromatic rings. The third kappa shape index (κ3) is 5.22. The molecular weight excluding hydrogens is 433 g/mol. The summed E-state index contributed by atoms with van der Waals surface area (Å²) in [7, 11) is 0.102. The van der Waals surface area contributed by atoms with Crippen molar-refractivity contribution in [1.29, 1.82) is 0 Å². The Bertz CT molecular complexity index is 987. The predicted molar refractivity (Wildman–Crippen MR) is 116 cm³/mol. The molecule has 1 fully saturated rings. The van der Waals surface area contributed by atoms with Crippen LogP contribution in [0.1, 0.15) is 23.2 Å². The summed E-state index contributed by atoms with van der Waals surface area (Å²) in [5.74, 6) is -0.193. The standard InChI is InChI=1S/C20H23Cl2N3O3S/c1-24(2)17-9-11-25(12-10-17)20(26)14-3-8-18(22)19(13-14)29(27,28)23-16-6-4-15(21)5-7-16/h3-8,13,17,23H,9-12H2,1-2H3. The lowest BCUT2D eigenvalue weighted by Gasteiger charge is -2.35. The molecule has 1 aliphatic rings. The Morgan fingerprint density at radius 1 is 1.07 bits per heavy atom. The summed E-state index contributed by atoms with van der Waals surface area (Å²) in [4.78, 5) is 16.7. The number of nitrogens with one attached hydrogen (secondary N) is 1. The summed E-state index contributed by atoms with van der Waals surface area (Å²) in [6.45, 7) is 1.27. The molecule has 0 aliphatic carbocycles. The van der Waals surface area contributed by atoms with Crippen molar-refractivity contribution in [1.82, 2.24) is 9.80 Å². The van der Waals surface area contributed by atoms with Gasteiger partial charge >= 0.3 is 0 Å². The minimum atomic E-state index is -3.97. The first kappa shape index (κ1) is 21.9. The number of benzene rings is 2. The summed E-state index contributed by atoms with van der Waals surface area (Å²) >= 11 is 12.0. The SMILES string of the molecule is CN(C)C1CCN(C(=O)c2ccc(Cl)c(S(=O)(=O)Nc3ccc(Cl)cc3)c2)CC1. The molecule has 1 heterocycles. The molecular formula is C20H23Cl2N3O3S. The molecule has 0 spiro atoms. The van der Waals surface area contributed by atoms with E-state index in [-0.39, 0.29) is 15.8 Å². The van der Waals surface area contributed by atoms with E-state index in [9.17, 15) is 13.2 Å². The van der Waals surface area contributed by atoms with Crippen LogP contribution in [0.2, 0.25) is 10.0 Å². The molecule has 0 unspecified atom stereocenters. The highest BCUT2D eigenvalue weighted by molar-refractivity contribution is 7.92. The molecule has 9 heteroatoms. The molecule has 156 valence electrons. The number of sulfonamides is 1. The lowest BCUT2D eigenvalue weighted by atomic mass is 10.0. The Morgan fingerprint density at radius 3 is 2.28 bits per heavy atom. The number of amides is 1. The zero-order valence-corrected chi connectivity index (χ0v) is 18.6. The van der Waals surface area contributed by atoms with Gasteiger partial charge in [-0.15, -0.1) is 0 Å². The van der Waals surface area contributed by atoms with Crippen LogP contribution < -0.4 is 4.72 Å². The van der Waals surface area contributed by atoms with E-state index in [4.69, 9.17) is 23.2 Å². The van der Waals surface area contributed by atoms with Gasteiger partial charge in [0.1, 0.15) is 4.90 Å². The van der Waals surface area contributed by atoms with Gasteiger partial charge < -0.3 is 9.80 Å². The molecule has 29 heavy (non-hydrogen) atoms. The van der Waals surface area contributed by atoms with Crippen molar-refractivity contribution < 1.29 is 13.2 Å². The average molecular weight is 456 g/mol. The molecule has 0 atom stereocenters. The van der Waals surface area contributed by atoms with Crippen molar-refractivity contribution >= 4 is 44.8 Å². The minimum Gasteiger partial charge on any atom is -0.339 e. The minimum absolute atomic E-state index is 0.0503. The summed E-state index contributed by atoms with van der Waals surface area (Å²) in [5, 5.41) is 0.547. The van der Waals surface area contributed by atoms with E-state index in [1.807, 2.05) is 14.1 Å². The molecule has 0 saturated carbocycles. The molecule has 1 aliphatic heterocycles. The van der Waals surface area contributed by atoms with E-state index in [0.717, 1.165) is 12.8 Å². The third-order valence-electron chi connectivity index (χ3n) is 5.05. The van der Waals surface area contributed by atoms with E-state index < -0.39 is 10.0 Å². The van der Waals surface area contributed by atoms with Gasteiger partial charge in [0.2, 0.25) is 0 Å². The van der Waals surface area contributed by atoms with Crippen LogP contribution in [0, 0.1) is 0 Å². The van der Waals surface area contributed by atoms with Crippen LogP contribution in [0.5, 0.6) is 0 Å². The molecule has 1 amide bonds. The highest BCUT2D eigenvalue weighted by atomic mass is 35.5. The fourth-order valence-corrected chi connectivity index (χ4v) is 5.05. The van der Waals surface area contributed by atoms with E-state index >= 15 is 0 Å². The Balaban J connectivity index is 1.80. The van der Waals surface area contributed by atoms with Crippen molar-refractivity contribution in [2.24, 2.45) is 0 Å². The molecule has 6 nitrogen and oxygen atoms in total. The summed E-state index contributed by atoms with van der Waals surface area (Å²) in [5.41, 5.74) is 0.655. The summed E-state index contributed by atoms with van der Waals surface area (Å²) in [6, 6.07) is 11.1. The number of nitrogens with zero attached hydrogens (tertiary/aromatic N) is 2. The van der Waals surface area contributed by atoms with Crippen LogP contribution in [0.25, 0.3) is 0 Å². The van der Waals surface area contributed by atoms with E-state index in [1.54, 1.807) is 35.2 Å². The Morgan fingerprint density at radius 2 is 1.69 bits per heavy atom. The number of rotatable bonds is 5. The average Bonchev–Trinajstić information content (AvgIpc) is 2.69. The molecule has 2 aromatic carbocycles. The van der Waals surface area contributed by atoms with Crippen LogP contribution in [0.3, 0.4) is 0 Å². The fourth-order valence-electron chi connectivity index (χ4n) is 3.34. The number of carbonyl (C=O) groups excluding carboxylic acids is 1. The van der Waals surface area contributed by atoms with Gasteiger partial charge in [-0.25, -0.2) is 8.42 Å². The first-order chi connectivity index (χ1) is 13.7. The summed E-state index contributed by atoms with van der Waals surface area (Å²) < 4.78 is 28.1. The highest BCUT2D eigenvalue weighted by Crippen LogP contribution is 2.27. The predicted octanol–water partition coefficient (Wildman–Crippen LogP) is 3.96. The van der Waals surface area contributed by atoms with Crippen LogP contribution in [-0.2, 0) is 10.0 Å². The van der Waals surface area contributed by atoms with Crippen molar-refractivity contribution in [3.8, 4) is 0 Å². The van der Waals surface area contributed by atoms with E-state index in [2.05, 4.69) is 9.62 Å². The number of halogens is 2. The number of likely N-dealkylation sites (tertiary alicyclic amines) is 1. The quantitative estimate of drug-likeness (QED) is 0.740. The molecule has 0 bridgehead atoms. The van der Waals surface area contributed by atoms with E-state index in [0.29, 0.717) is 35.4 Å². The zero-order valence-electron chi connectivity index (χ0n) is 16.2. The van der Waals surface area contributed by atoms with Gasteiger partial charge in [-0.3, -0.25) is 9.52 Å². The number of anilines is 1. The first-order valence-electron chi connectivity index (χ1n) is 9.21. The van der Waals surface area contributed by atoms with Crippen molar-refractivity contribution in [2.45, 2.75) is 23.8 Å². The smallest absolute Gasteiger partial charge is 0.263 e. The zero-order chi connectivity index (χ0) is 21.2. The second-order valence-electron chi connectivity index (χ2n) is 7.24. The monoisotopic (exact) mass is 455 g/mol. The Hall–Kier alpha value is -1.80. The Kier molecular flexibility index (Phi) is 6.73. The van der Waals surface area contributed by atoms with E-state index in [1.165, 1.54) is 12.1 Å². The topological polar surface area (TPSA) is 69.7 Å². The second-order valence-corrected chi connectivity index (χ2v) is 9.74. The largest absolute Gasteiger partial charge is 0.339 e. The first-order valence-corrected chi connectivity index (χ1v) is 11.4. The molecule has 3 rings (SSSR count). The molecule has 1 N–H and O–H groups in total. The maximum atomic E-state index is 12.9. The fraction of sp³-hybridized carbons (Fsp3) is 0.350. The lowest BCUT2D eigenvalue weighted by Crippen LogP contribution is -2.44. The van der Waals surface area contributed by atoms with Gasteiger partial charge in [0.25, 0.3) is 15.9 Å². The normalized spacial score (nSPS) is 15.6. The van der Waals surface area contributed by atoms with Crippen molar-refractivity contribution in [3.63, 3.8) is 0 Å².